The standard InChI is InChI=1S/C31H20N2/c1-2-9-24(10-3-1)33(26-11-6-16-32-20-26)25-15-14-22-18-29-27-12-4-7-21-8-5-13-28(31(21)27)30(29)19-23(22)17-25/h1-20H. The minimum absolute atomic E-state index is 1.04. The second-order valence-electron chi connectivity index (χ2n) is 8.52. The maximum atomic E-state index is 4.37. The summed E-state index contributed by atoms with van der Waals surface area (Å²) < 4.78 is 0. The van der Waals surface area contributed by atoms with Crippen LogP contribution in [0.1, 0.15) is 0 Å². The number of fused-ring (bicyclic) bond motifs is 4. The van der Waals surface area contributed by atoms with E-state index in [4.69, 9.17) is 0 Å². The molecule has 7 rings (SSSR count). The Morgan fingerprint density at radius 2 is 1.18 bits per heavy atom. The minimum atomic E-state index is 1.04. The molecule has 0 N–H and O–H groups in total. The highest BCUT2D eigenvalue weighted by atomic mass is 15.1. The monoisotopic (exact) mass is 420 g/mol. The Morgan fingerprint density at radius 1 is 0.455 bits per heavy atom. The lowest BCUT2D eigenvalue weighted by atomic mass is 9.98. The first-order valence-corrected chi connectivity index (χ1v) is 11.2. The molecule has 0 bridgehead atoms. The van der Waals surface area contributed by atoms with Gasteiger partial charge in [0.1, 0.15) is 0 Å². The highest BCUT2D eigenvalue weighted by Crippen LogP contribution is 2.48. The van der Waals surface area contributed by atoms with Crippen LogP contribution < -0.4 is 4.90 Å². The summed E-state index contributed by atoms with van der Waals surface area (Å²) in [6, 6.07) is 39.2. The molecule has 0 unspecified atom stereocenters. The number of pyridine rings is 1. The third-order valence-corrected chi connectivity index (χ3v) is 6.62. The van der Waals surface area contributed by atoms with Crippen molar-refractivity contribution in [1.29, 1.82) is 0 Å². The van der Waals surface area contributed by atoms with Crippen LogP contribution in [0.5, 0.6) is 0 Å². The molecular weight excluding hydrogens is 400 g/mol. The number of aromatic nitrogens is 1. The molecule has 0 aliphatic heterocycles. The molecule has 0 radical (unpaired) electrons. The molecule has 0 atom stereocenters. The lowest BCUT2D eigenvalue weighted by Crippen LogP contribution is -2.09. The number of nitrogens with zero attached hydrogens (tertiary/aromatic N) is 2. The zero-order valence-electron chi connectivity index (χ0n) is 17.9. The molecule has 1 aromatic heterocycles. The first-order chi connectivity index (χ1) is 16.4. The highest BCUT2D eigenvalue weighted by molar-refractivity contribution is 6.17. The summed E-state index contributed by atoms with van der Waals surface area (Å²) >= 11 is 0. The molecule has 1 aliphatic carbocycles. The van der Waals surface area contributed by atoms with Crippen molar-refractivity contribution in [3.63, 3.8) is 0 Å². The molecule has 1 aliphatic rings. The fourth-order valence-corrected chi connectivity index (χ4v) is 5.17. The average molecular weight is 421 g/mol. The Hall–Kier alpha value is -4.43. The van der Waals surface area contributed by atoms with Crippen molar-refractivity contribution in [3.05, 3.63) is 122 Å². The Kier molecular flexibility index (Phi) is 3.88. The van der Waals surface area contributed by atoms with Crippen LogP contribution >= 0.6 is 0 Å². The van der Waals surface area contributed by atoms with Gasteiger partial charge in [0, 0.05) is 17.6 Å². The molecule has 1 heterocycles. The number of anilines is 3. The average Bonchev–Trinajstić information content (AvgIpc) is 3.19. The highest BCUT2D eigenvalue weighted by Gasteiger charge is 2.22. The van der Waals surface area contributed by atoms with Crippen molar-refractivity contribution >= 4 is 38.6 Å². The maximum Gasteiger partial charge on any atom is 0.0644 e. The van der Waals surface area contributed by atoms with Gasteiger partial charge < -0.3 is 4.90 Å². The fraction of sp³-hybridized carbons (Fsp3) is 0. The number of hydrogen-bond donors (Lipinski definition) is 0. The molecule has 2 nitrogen and oxygen atoms in total. The lowest BCUT2D eigenvalue weighted by Gasteiger charge is -2.25. The zero-order chi connectivity index (χ0) is 21.8. The second kappa shape index (κ2) is 7.04. The Morgan fingerprint density at radius 3 is 1.91 bits per heavy atom. The number of para-hydroxylation sites is 1. The van der Waals surface area contributed by atoms with Crippen LogP contribution in [0, 0.1) is 0 Å². The Balaban J connectivity index is 1.44. The van der Waals surface area contributed by atoms with Crippen molar-refractivity contribution in [2.75, 3.05) is 4.90 Å². The van der Waals surface area contributed by atoms with E-state index in [0.29, 0.717) is 0 Å². The number of benzene rings is 5. The first-order valence-electron chi connectivity index (χ1n) is 11.2. The third-order valence-electron chi connectivity index (χ3n) is 6.62. The van der Waals surface area contributed by atoms with E-state index in [1.54, 1.807) is 0 Å². The summed E-state index contributed by atoms with van der Waals surface area (Å²) in [4.78, 5) is 6.63. The van der Waals surface area contributed by atoms with Crippen LogP contribution in [0.4, 0.5) is 17.1 Å². The van der Waals surface area contributed by atoms with Gasteiger partial charge in [-0.05, 0) is 92.3 Å². The topological polar surface area (TPSA) is 16.1 Å². The van der Waals surface area contributed by atoms with E-state index in [2.05, 4.69) is 107 Å². The Labute approximate surface area is 192 Å². The summed E-state index contributed by atoms with van der Waals surface area (Å²) in [6.45, 7) is 0. The van der Waals surface area contributed by atoms with Crippen LogP contribution in [-0.2, 0) is 0 Å². The van der Waals surface area contributed by atoms with Gasteiger partial charge in [0.25, 0.3) is 0 Å². The van der Waals surface area contributed by atoms with E-state index in [0.717, 1.165) is 17.1 Å². The predicted octanol–water partition coefficient (Wildman–Crippen LogP) is 8.51. The number of rotatable bonds is 3. The molecule has 33 heavy (non-hydrogen) atoms. The van der Waals surface area contributed by atoms with E-state index in [-0.39, 0.29) is 0 Å². The molecule has 0 saturated carbocycles. The molecule has 0 spiro atoms. The van der Waals surface area contributed by atoms with Gasteiger partial charge in [-0.1, -0.05) is 60.7 Å². The predicted molar refractivity (Wildman–Crippen MR) is 138 cm³/mol. The van der Waals surface area contributed by atoms with E-state index in [9.17, 15) is 0 Å². The van der Waals surface area contributed by atoms with Crippen molar-refractivity contribution in [2.24, 2.45) is 0 Å². The summed E-state index contributed by atoms with van der Waals surface area (Å²) in [5, 5.41) is 5.16. The Bertz CT molecular complexity index is 1610. The van der Waals surface area contributed by atoms with Gasteiger partial charge in [-0.2, -0.15) is 0 Å². The fourth-order valence-electron chi connectivity index (χ4n) is 5.17. The molecule has 6 aromatic rings. The second-order valence-corrected chi connectivity index (χ2v) is 8.52. The normalized spacial score (nSPS) is 11.6. The van der Waals surface area contributed by atoms with Crippen LogP contribution in [0.15, 0.2) is 122 Å². The van der Waals surface area contributed by atoms with E-state index in [1.807, 2.05) is 24.5 Å². The first kappa shape index (κ1) is 18.2. The third kappa shape index (κ3) is 2.78. The van der Waals surface area contributed by atoms with Crippen LogP contribution in [0.2, 0.25) is 0 Å². The summed E-state index contributed by atoms with van der Waals surface area (Å²) in [5.74, 6) is 0. The summed E-state index contributed by atoms with van der Waals surface area (Å²) in [6.07, 6.45) is 3.73. The summed E-state index contributed by atoms with van der Waals surface area (Å²) in [7, 11) is 0. The van der Waals surface area contributed by atoms with Crippen molar-refractivity contribution in [2.45, 2.75) is 0 Å². The van der Waals surface area contributed by atoms with E-state index in [1.165, 1.54) is 43.8 Å². The van der Waals surface area contributed by atoms with Crippen LogP contribution in [0.3, 0.4) is 0 Å². The SMILES string of the molecule is c1ccc(N(c2cccnc2)c2ccc3cc4c(cc3c2)-c2cccc3cccc-4c23)cc1. The maximum absolute atomic E-state index is 4.37. The van der Waals surface area contributed by atoms with Gasteiger partial charge >= 0.3 is 0 Å². The minimum Gasteiger partial charge on any atom is -0.309 e. The zero-order valence-corrected chi connectivity index (χ0v) is 17.9. The largest absolute Gasteiger partial charge is 0.309 e. The molecule has 2 heteroatoms. The van der Waals surface area contributed by atoms with Crippen LogP contribution in [-0.4, -0.2) is 4.98 Å². The molecule has 0 amide bonds. The van der Waals surface area contributed by atoms with Crippen molar-refractivity contribution < 1.29 is 0 Å². The van der Waals surface area contributed by atoms with Gasteiger partial charge in [-0.25, -0.2) is 0 Å². The molecule has 0 saturated heterocycles. The lowest BCUT2D eigenvalue weighted by molar-refractivity contribution is 1.23. The van der Waals surface area contributed by atoms with E-state index >= 15 is 0 Å². The van der Waals surface area contributed by atoms with Gasteiger partial charge in [-0.3, -0.25) is 4.98 Å². The quantitative estimate of drug-likeness (QED) is 0.285. The molecule has 0 fully saturated rings. The van der Waals surface area contributed by atoms with Gasteiger partial charge in [0.05, 0.1) is 11.9 Å². The van der Waals surface area contributed by atoms with Gasteiger partial charge in [0.15, 0.2) is 0 Å². The van der Waals surface area contributed by atoms with Gasteiger partial charge in [-0.15, -0.1) is 0 Å². The molecule has 154 valence electrons. The van der Waals surface area contributed by atoms with Crippen molar-refractivity contribution in [1.82, 2.24) is 4.98 Å². The van der Waals surface area contributed by atoms with Crippen molar-refractivity contribution in [3.8, 4) is 22.3 Å². The van der Waals surface area contributed by atoms with Crippen LogP contribution in [0.25, 0.3) is 43.8 Å². The molecular formula is C31H20N2. The summed E-state index contributed by atoms with van der Waals surface area (Å²) in [5.41, 5.74) is 8.59. The molecule has 5 aromatic carbocycles. The van der Waals surface area contributed by atoms with E-state index < -0.39 is 0 Å². The van der Waals surface area contributed by atoms with Gasteiger partial charge in [0.2, 0.25) is 0 Å². The number of hydrogen-bond acceptors (Lipinski definition) is 2. The smallest absolute Gasteiger partial charge is 0.0644 e.